The molecule has 1 amide bonds. The van der Waals surface area contributed by atoms with Crippen molar-refractivity contribution in [2.45, 2.75) is 45.4 Å². The first-order valence-electron chi connectivity index (χ1n) is 8.30. The number of benzene rings is 1. The highest BCUT2D eigenvalue weighted by molar-refractivity contribution is 5.69. The molecule has 0 spiro atoms. The summed E-state index contributed by atoms with van der Waals surface area (Å²) in [6, 6.07) is 6.77. The maximum absolute atomic E-state index is 12.4. The number of ether oxygens (including phenoxy) is 3. The van der Waals surface area contributed by atoms with Crippen molar-refractivity contribution in [1.82, 2.24) is 4.90 Å². The molecule has 2 rings (SSSR count). The number of aliphatic hydroxyl groups excluding tert-OH is 1. The minimum Gasteiger partial charge on any atom is -0.494 e. The summed E-state index contributed by atoms with van der Waals surface area (Å²) in [5, 5.41) is 10.8. The fourth-order valence-corrected chi connectivity index (χ4v) is 2.61. The van der Waals surface area contributed by atoms with Gasteiger partial charge in [-0.1, -0.05) is 12.1 Å². The Labute approximate surface area is 143 Å². The maximum Gasteiger partial charge on any atom is 0.410 e. The number of amides is 1. The number of aliphatic hydroxyl groups is 1. The summed E-state index contributed by atoms with van der Waals surface area (Å²) >= 11 is 0. The topological polar surface area (TPSA) is 68.2 Å². The molecule has 1 aromatic carbocycles. The molecule has 6 heteroatoms. The van der Waals surface area contributed by atoms with E-state index in [9.17, 15) is 9.90 Å². The highest BCUT2D eigenvalue weighted by Crippen LogP contribution is 2.27. The van der Waals surface area contributed by atoms with Gasteiger partial charge in [0, 0.05) is 6.54 Å². The third-order valence-corrected chi connectivity index (χ3v) is 3.67. The summed E-state index contributed by atoms with van der Waals surface area (Å²) < 4.78 is 16.4. The van der Waals surface area contributed by atoms with E-state index in [1.807, 2.05) is 45.9 Å². The van der Waals surface area contributed by atoms with Crippen LogP contribution in [0.3, 0.4) is 0 Å². The zero-order valence-electron chi connectivity index (χ0n) is 14.8. The molecular weight excluding hydrogens is 310 g/mol. The predicted molar refractivity (Wildman–Crippen MR) is 90.1 cm³/mol. The lowest BCUT2D eigenvalue weighted by molar-refractivity contribution is -0.0673. The third kappa shape index (κ3) is 4.85. The van der Waals surface area contributed by atoms with Crippen molar-refractivity contribution in [3.8, 4) is 5.75 Å². The molecule has 24 heavy (non-hydrogen) atoms. The lowest BCUT2D eigenvalue weighted by Gasteiger charge is -2.38. The number of morpholine rings is 1. The maximum atomic E-state index is 12.4. The molecule has 2 unspecified atom stereocenters. The molecule has 6 nitrogen and oxygen atoms in total. The Bertz CT molecular complexity index is 555. The van der Waals surface area contributed by atoms with Crippen molar-refractivity contribution >= 4 is 6.09 Å². The van der Waals surface area contributed by atoms with E-state index in [4.69, 9.17) is 14.2 Å². The van der Waals surface area contributed by atoms with Gasteiger partial charge in [-0.3, -0.25) is 4.90 Å². The van der Waals surface area contributed by atoms with Crippen molar-refractivity contribution < 1.29 is 24.1 Å². The molecule has 1 heterocycles. The van der Waals surface area contributed by atoms with Crippen LogP contribution in [0.5, 0.6) is 5.75 Å². The third-order valence-electron chi connectivity index (χ3n) is 3.67. The predicted octanol–water partition coefficient (Wildman–Crippen LogP) is 2.75. The van der Waals surface area contributed by atoms with Crippen molar-refractivity contribution in [2.24, 2.45) is 0 Å². The molecule has 1 aliphatic rings. The number of carbonyl (C=O) groups excluding carboxylic acids is 1. The Balaban J connectivity index is 2.17. The lowest BCUT2D eigenvalue weighted by atomic mass is 10.0. The van der Waals surface area contributed by atoms with Gasteiger partial charge in [-0.15, -0.1) is 0 Å². The molecule has 0 radical (unpaired) electrons. The molecule has 134 valence electrons. The Morgan fingerprint density at radius 2 is 2.21 bits per heavy atom. The van der Waals surface area contributed by atoms with Crippen LogP contribution in [0.1, 0.15) is 39.4 Å². The van der Waals surface area contributed by atoms with E-state index >= 15 is 0 Å². The second kappa shape index (κ2) is 7.85. The molecular formula is C18H27NO5. The van der Waals surface area contributed by atoms with Crippen LogP contribution >= 0.6 is 0 Å². The van der Waals surface area contributed by atoms with Crippen LogP contribution in [0.2, 0.25) is 0 Å². The molecule has 1 saturated heterocycles. The summed E-state index contributed by atoms with van der Waals surface area (Å²) in [4.78, 5) is 14.0. The number of carbonyl (C=O) groups is 1. The fourth-order valence-electron chi connectivity index (χ4n) is 2.61. The van der Waals surface area contributed by atoms with E-state index in [0.717, 1.165) is 0 Å². The molecule has 0 saturated carbocycles. The average molecular weight is 337 g/mol. The zero-order valence-corrected chi connectivity index (χ0v) is 14.8. The van der Waals surface area contributed by atoms with Crippen LogP contribution in [-0.2, 0) is 9.47 Å². The van der Waals surface area contributed by atoms with Crippen molar-refractivity contribution in [3.05, 3.63) is 29.8 Å². The molecule has 0 aliphatic carbocycles. The summed E-state index contributed by atoms with van der Waals surface area (Å²) in [5.41, 5.74) is 0.102. The van der Waals surface area contributed by atoms with Crippen LogP contribution in [0, 0.1) is 0 Å². The standard InChI is InChI=1S/C18H27NO5/c1-5-23-14-8-6-7-13(11-14)16(20)15-12-22-10-9-19(15)17(21)24-18(2,3)4/h6-8,11,15-16,20H,5,9-10,12H2,1-4H3. The zero-order chi connectivity index (χ0) is 17.7. The Morgan fingerprint density at radius 3 is 2.88 bits per heavy atom. The second-order valence-electron chi connectivity index (χ2n) is 6.77. The summed E-state index contributed by atoms with van der Waals surface area (Å²) in [6.45, 7) is 9.01. The fraction of sp³-hybridized carbons (Fsp3) is 0.611. The lowest BCUT2D eigenvalue weighted by Crippen LogP contribution is -2.52. The minimum atomic E-state index is -0.877. The second-order valence-corrected chi connectivity index (χ2v) is 6.77. The van der Waals surface area contributed by atoms with Gasteiger partial charge in [0.15, 0.2) is 0 Å². The summed E-state index contributed by atoms with van der Waals surface area (Å²) in [5.74, 6) is 0.689. The molecule has 1 fully saturated rings. The minimum absolute atomic E-state index is 0.263. The highest BCUT2D eigenvalue weighted by atomic mass is 16.6. The van der Waals surface area contributed by atoms with Gasteiger partial charge in [0.05, 0.1) is 25.9 Å². The van der Waals surface area contributed by atoms with Gasteiger partial charge in [-0.25, -0.2) is 4.79 Å². The average Bonchev–Trinajstić information content (AvgIpc) is 2.53. The summed E-state index contributed by atoms with van der Waals surface area (Å²) in [7, 11) is 0. The van der Waals surface area contributed by atoms with Crippen LogP contribution in [0.25, 0.3) is 0 Å². The quantitative estimate of drug-likeness (QED) is 0.915. The monoisotopic (exact) mass is 337 g/mol. The van der Waals surface area contributed by atoms with Crippen LogP contribution < -0.4 is 4.74 Å². The first-order valence-corrected chi connectivity index (χ1v) is 8.30. The Kier molecular flexibility index (Phi) is 6.07. The van der Waals surface area contributed by atoms with Gasteiger partial charge in [-0.05, 0) is 45.4 Å². The first kappa shape index (κ1) is 18.5. The number of rotatable bonds is 4. The highest BCUT2D eigenvalue weighted by Gasteiger charge is 2.36. The number of nitrogens with zero attached hydrogens (tertiary/aromatic N) is 1. The normalized spacial score (nSPS) is 19.7. The first-order chi connectivity index (χ1) is 11.3. The molecule has 2 atom stereocenters. The van der Waals surface area contributed by atoms with Gasteiger partial charge < -0.3 is 19.3 Å². The van der Waals surface area contributed by atoms with Crippen LogP contribution in [0.15, 0.2) is 24.3 Å². The smallest absolute Gasteiger partial charge is 0.410 e. The molecule has 1 aliphatic heterocycles. The molecule has 1 aromatic rings. The van der Waals surface area contributed by atoms with Gasteiger partial charge in [0.25, 0.3) is 0 Å². The van der Waals surface area contributed by atoms with E-state index in [2.05, 4.69) is 0 Å². The van der Waals surface area contributed by atoms with E-state index in [-0.39, 0.29) is 6.61 Å². The Hall–Kier alpha value is -1.79. The SMILES string of the molecule is CCOc1cccc(C(O)C2COCCN2C(=O)OC(C)(C)C)c1. The van der Waals surface area contributed by atoms with Crippen molar-refractivity contribution in [3.63, 3.8) is 0 Å². The molecule has 0 bridgehead atoms. The van der Waals surface area contributed by atoms with E-state index < -0.39 is 23.8 Å². The Morgan fingerprint density at radius 1 is 1.46 bits per heavy atom. The van der Waals surface area contributed by atoms with E-state index in [1.165, 1.54) is 0 Å². The van der Waals surface area contributed by atoms with E-state index in [1.54, 1.807) is 11.0 Å². The van der Waals surface area contributed by atoms with Gasteiger partial charge in [0.1, 0.15) is 17.5 Å². The van der Waals surface area contributed by atoms with Crippen LogP contribution in [0.4, 0.5) is 4.79 Å². The van der Waals surface area contributed by atoms with E-state index in [0.29, 0.717) is 31.1 Å². The van der Waals surface area contributed by atoms with Crippen LogP contribution in [-0.4, -0.2) is 54.1 Å². The number of hydrogen-bond acceptors (Lipinski definition) is 5. The summed E-state index contributed by atoms with van der Waals surface area (Å²) in [6.07, 6.45) is -1.31. The number of hydrogen-bond donors (Lipinski definition) is 1. The molecule has 1 N–H and O–H groups in total. The van der Waals surface area contributed by atoms with Gasteiger partial charge in [0.2, 0.25) is 0 Å². The van der Waals surface area contributed by atoms with Gasteiger partial charge >= 0.3 is 6.09 Å². The molecule has 0 aromatic heterocycles. The van der Waals surface area contributed by atoms with Gasteiger partial charge in [-0.2, -0.15) is 0 Å². The van der Waals surface area contributed by atoms with Crippen molar-refractivity contribution in [1.29, 1.82) is 0 Å². The largest absolute Gasteiger partial charge is 0.494 e. The van der Waals surface area contributed by atoms with Crippen molar-refractivity contribution in [2.75, 3.05) is 26.4 Å².